The molecule has 0 aliphatic carbocycles. The van der Waals surface area contributed by atoms with Crippen LogP contribution in [0.1, 0.15) is 24.8 Å². The summed E-state index contributed by atoms with van der Waals surface area (Å²) in [5.41, 5.74) is 0.770. The monoisotopic (exact) mass is 314 g/mol. The molecule has 0 radical (unpaired) electrons. The topological polar surface area (TPSA) is 66.5 Å². The molecule has 21 heavy (non-hydrogen) atoms. The molecule has 1 atom stereocenters. The Morgan fingerprint density at radius 2 is 2.00 bits per heavy atom. The van der Waals surface area contributed by atoms with Gasteiger partial charge in [0.15, 0.2) is 0 Å². The van der Waals surface area contributed by atoms with Crippen molar-refractivity contribution in [3.05, 3.63) is 35.6 Å². The van der Waals surface area contributed by atoms with Gasteiger partial charge >= 0.3 is 0 Å². The Hall–Kier alpha value is -1.47. The molecule has 1 aliphatic rings. The number of nitrogens with one attached hydrogen (secondary N) is 1. The first-order valence-electron chi connectivity index (χ1n) is 6.87. The molecule has 1 heterocycles. The first-order valence-corrected chi connectivity index (χ1v) is 8.72. The van der Waals surface area contributed by atoms with E-state index in [4.69, 9.17) is 0 Å². The molecule has 1 amide bonds. The molecule has 7 heteroatoms. The number of amides is 1. The quantitative estimate of drug-likeness (QED) is 0.910. The first-order chi connectivity index (χ1) is 9.88. The van der Waals surface area contributed by atoms with Gasteiger partial charge in [0.25, 0.3) is 0 Å². The molecule has 116 valence electrons. The van der Waals surface area contributed by atoms with Gasteiger partial charge in [0.1, 0.15) is 11.9 Å². The van der Waals surface area contributed by atoms with Crippen molar-refractivity contribution < 1.29 is 17.6 Å². The minimum Gasteiger partial charge on any atom is -0.351 e. The lowest BCUT2D eigenvalue weighted by Gasteiger charge is -2.32. The van der Waals surface area contributed by atoms with E-state index in [-0.39, 0.29) is 18.3 Å². The maximum absolute atomic E-state index is 12.8. The second kappa shape index (κ2) is 6.53. The fourth-order valence-corrected chi connectivity index (χ4v) is 3.60. The van der Waals surface area contributed by atoms with Gasteiger partial charge in [-0.3, -0.25) is 4.79 Å². The largest absolute Gasteiger partial charge is 0.351 e. The van der Waals surface area contributed by atoms with Crippen LogP contribution in [-0.2, 0) is 21.4 Å². The van der Waals surface area contributed by atoms with Crippen LogP contribution in [0.25, 0.3) is 0 Å². The van der Waals surface area contributed by atoms with E-state index < -0.39 is 16.1 Å². The molecular formula is C14H19FN2O3S. The first kappa shape index (κ1) is 15.9. The fraction of sp³-hybridized carbons (Fsp3) is 0.500. The number of nitrogens with zero attached hydrogens (tertiary/aromatic N) is 1. The van der Waals surface area contributed by atoms with Gasteiger partial charge in [-0.1, -0.05) is 18.6 Å². The van der Waals surface area contributed by atoms with E-state index in [1.165, 1.54) is 16.4 Å². The minimum atomic E-state index is -3.39. The number of hydrogen-bond donors (Lipinski definition) is 1. The van der Waals surface area contributed by atoms with Crippen molar-refractivity contribution in [1.82, 2.24) is 9.62 Å². The Bertz CT molecular complexity index is 601. The number of rotatable bonds is 4. The van der Waals surface area contributed by atoms with Gasteiger partial charge in [0.05, 0.1) is 6.26 Å². The summed E-state index contributed by atoms with van der Waals surface area (Å²) in [5, 5.41) is 2.72. The van der Waals surface area contributed by atoms with Crippen LogP contribution >= 0.6 is 0 Å². The van der Waals surface area contributed by atoms with E-state index in [1.54, 1.807) is 12.1 Å². The number of benzene rings is 1. The standard InChI is InChI=1S/C14H19FN2O3S/c1-21(19,20)17-9-3-2-4-13(17)14(18)16-10-11-5-7-12(15)8-6-11/h5-8,13H,2-4,9-10H2,1H3,(H,16,18)/t13-/m0/s1. The number of sulfonamides is 1. The fourth-order valence-electron chi connectivity index (χ4n) is 2.47. The Kier molecular flexibility index (Phi) is 4.95. The Morgan fingerprint density at radius 1 is 1.33 bits per heavy atom. The number of halogens is 1. The molecule has 5 nitrogen and oxygen atoms in total. The average molecular weight is 314 g/mol. The zero-order valence-corrected chi connectivity index (χ0v) is 12.7. The van der Waals surface area contributed by atoms with Crippen molar-refractivity contribution in [2.45, 2.75) is 31.8 Å². The lowest BCUT2D eigenvalue weighted by atomic mass is 10.0. The Labute approximate surface area is 124 Å². The molecule has 1 fully saturated rings. The van der Waals surface area contributed by atoms with Crippen LogP contribution < -0.4 is 5.32 Å². The van der Waals surface area contributed by atoms with Crippen LogP contribution in [0.4, 0.5) is 4.39 Å². The van der Waals surface area contributed by atoms with E-state index in [0.717, 1.165) is 24.7 Å². The summed E-state index contributed by atoms with van der Waals surface area (Å²) in [4.78, 5) is 12.2. The molecule has 0 bridgehead atoms. The van der Waals surface area contributed by atoms with Crippen molar-refractivity contribution in [1.29, 1.82) is 0 Å². The highest BCUT2D eigenvalue weighted by molar-refractivity contribution is 7.88. The predicted molar refractivity (Wildman–Crippen MR) is 77.4 cm³/mol. The SMILES string of the molecule is CS(=O)(=O)N1CCCC[C@H]1C(=O)NCc1ccc(F)cc1. The molecule has 0 spiro atoms. The normalized spacial score (nSPS) is 20.2. The summed E-state index contributed by atoms with van der Waals surface area (Å²) >= 11 is 0. The van der Waals surface area contributed by atoms with E-state index in [2.05, 4.69) is 5.32 Å². The summed E-state index contributed by atoms with van der Waals surface area (Å²) in [5.74, 6) is -0.634. The highest BCUT2D eigenvalue weighted by Crippen LogP contribution is 2.20. The lowest BCUT2D eigenvalue weighted by molar-refractivity contribution is -0.125. The molecule has 1 N–H and O–H groups in total. The van der Waals surface area contributed by atoms with Gasteiger partial charge in [-0.2, -0.15) is 4.31 Å². The summed E-state index contributed by atoms with van der Waals surface area (Å²) in [6.45, 7) is 0.640. The van der Waals surface area contributed by atoms with Crippen molar-refractivity contribution in [2.75, 3.05) is 12.8 Å². The molecule has 0 unspecified atom stereocenters. The molecule has 1 aromatic rings. The summed E-state index contributed by atoms with van der Waals surface area (Å²) in [6, 6.07) is 5.18. The summed E-state index contributed by atoms with van der Waals surface area (Å²) in [6.07, 6.45) is 3.26. The van der Waals surface area contributed by atoms with Crippen molar-refractivity contribution in [2.24, 2.45) is 0 Å². The van der Waals surface area contributed by atoms with Crippen LogP contribution in [0, 0.1) is 5.82 Å². The van der Waals surface area contributed by atoms with E-state index in [1.807, 2.05) is 0 Å². The molecule has 0 saturated carbocycles. The van der Waals surface area contributed by atoms with Gasteiger partial charge < -0.3 is 5.32 Å². The predicted octanol–water partition coefficient (Wildman–Crippen LogP) is 1.26. The third-order valence-corrected chi connectivity index (χ3v) is 4.85. The molecular weight excluding hydrogens is 295 g/mol. The smallest absolute Gasteiger partial charge is 0.238 e. The van der Waals surface area contributed by atoms with Crippen LogP contribution in [0.5, 0.6) is 0 Å². The zero-order chi connectivity index (χ0) is 15.5. The number of piperidine rings is 1. The molecule has 1 saturated heterocycles. The molecule has 0 aromatic heterocycles. The third-order valence-electron chi connectivity index (χ3n) is 3.56. The summed E-state index contributed by atoms with van der Waals surface area (Å²) in [7, 11) is -3.39. The van der Waals surface area contributed by atoms with Crippen LogP contribution in [-0.4, -0.2) is 37.5 Å². The number of hydrogen-bond acceptors (Lipinski definition) is 3. The lowest BCUT2D eigenvalue weighted by Crippen LogP contribution is -2.51. The molecule has 1 aromatic carbocycles. The average Bonchev–Trinajstić information content (AvgIpc) is 2.45. The van der Waals surface area contributed by atoms with Gasteiger partial charge in [-0.15, -0.1) is 0 Å². The maximum Gasteiger partial charge on any atom is 0.238 e. The maximum atomic E-state index is 12.8. The van der Waals surface area contributed by atoms with Crippen molar-refractivity contribution in [3.8, 4) is 0 Å². The van der Waals surface area contributed by atoms with Gasteiger partial charge in [0.2, 0.25) is 15.9 Å². The number of carbonyl (C=O) groups is 1. The van der Waals surface area contributed by atoms with Crippen molar-refractivity contribution >= 4 is 15.9 Å². The highest BCUT2D eigenvalue weighted by Gasteiger charge is 2.34. The van der Waals surface area contributed by atoms with Crippen LogP contribution in [0.15, 0.2) is 24.3 Å². The van der Waals surface area contributed by atoms with Crippen molar-refractivity contribution in [3.63, 3.8) is 0 Å². The minimum absolute atomic E-state index is 0.257. The molecule has 1 aliphatic heterocycles. The van der Waals surface area contributed by atoms with E-state index >= 15 is 0 Å². The highest BCUT2D eigenvalue weighted by atomic mass is 32.2. The van der Waals surface area contributed by atoms with Crippen LogP contribution in [0.2, 0.25) is 0 Å². The van der Waals surface area contributed by atoms with Gasteiger partial charge in [0, 0.05) is 13.1 Å². The zero-order valence-electron chi connectivity index (χ0n) is 11.9. The van der Waals surface area contributed by atoms with Gasteiger partial charge in [-0.05, 0) is 30.5 Å². The van der Waals surface area contributed by atoms with Crippen LogP contribution in [0.3, 0.4) is 0 Å². The Morgan fingerprint density at radius 3 is 2.62 bits per heavy atom. The number of carbonyl (C=O) groups excluding carboxylic acids is 1. The second-order valence-corrected chi connectivity index (χ2v) is 7.16. The third kappa shape index (κ3) is 4.25. The van der Waals surface area contributed by atoms with E-state index in [0.29, 0.717) is 13.0 Å². The van der Waals surface area contributed by atoms with E-state index in [9.17, 15) is 17.6 Å². The van der Waals surface area contributed by atoms with Gasteiger partial charge in [-0.25, -0.2) is 12.8 Å². The second-order valence-electron chi connectivity index (χ2n) is 5.23. The Balaban J connectivity index is 1.99. The molecule has 2 rings (SSSR count). The summed E-state index contributed by atoms with van der Waals surface area (Å²) < 4.78 is 37.5.